The number of aliphatic carboxylic acids is 1. The smallest absolute Gasteiger partial charge is 0.315 e. The molecule has 0 aliphatic rings. The number of rotatable bonds is 7. The molecule has 0 saturated carbocycles. The van der Waals surface area contributed by atoms with Gasteiger partial charge in [-0.05, 0) is 26.7 Å². The molecule has 0 aliphatic heterocycles. The molecule has 0 radical (unpaired) electrons. The highest BCUT2D eigenvalue weighted by Gasteiger charge is 2.09. The first-order valence-corrected chi connectivity index (χ1v) is 5.81. The molecular weight excluding hydrogens is 220 g/mol. The zero-order valence-electron chi connectivity index (χ0n) is 10.7. The van der Waals surface area contributed by atoms with Gasteiger partial charge in [0.2, 0.25) is 0 Å². The lowest BCUT2D eigenvalue weighted by molar-refractivity contribution is -0.141. The lowest BCUT2D eigenvalue weighted by Gasteiger charge is -2.08. The number of urea groups is 1. The average Bonchev–Trinajstić information content (AvgIpc) is 2.23. The van der Waals surface area contributed by atoms with E-state index in [1.165, 1.54) is 0 Å². The predicted molar refractivity (Wildman–Crippen MR) is 66.9 cm³/mol. The van der Waals surface area contributed by atoms with Gasteiger partial charge < -0.3 is 15.7 Å². The van der Waals surface area contributed by atoms with Crippen LogP contribution in [-0.2, 0) is 4.79 Å². The number of carboxylic acid groups (broad SMARTS) is 1. The van der Waals surface area contributed by atoms with Crippen molar-refractivity contribution < 1.29 is 14.7 Å². The third-order valence-electron chi connectivity index (χ3n) is 2.29. The van der Waals surface area contributed by atoms with Crippen molar-refractivity contribution in [2.75, 3.05) is 13.1 Å². The molecule has 0 spiro atoms. The van der Waals surface area contributed by atoms with Crippen molar-refractivity contribution in [2.24, 2.45) is 5.92 Å². The molecule has 0 aromatic rings. The summed E-state index contributed by atoms with van der Waals surface area (Å²) < 4.78 is 0. The lowest BCUT2D eigenvalue weighted by atomic mass is 10.1. The number of hydrogen-bond acceptors (Lipinski definition) is 2. The van der Waals surface area contributed by atoms with E-state index in [0.717, 1.165) is 5.57 Å². The summed E-state index contributed by atoms with van der Waals surface area (Å²) in [7, 11) is 0. The summed E-state index contributed by atoms with van der Waals surface area (Å²) in [5.74, 6) is -1.15. The number of amides is 2. The van der Waals surface area contributed by atoms with Crippen LogP contribution in [0, 0.1) is 5.92 Å². The highest BCUT2D eigenvalue weighted by molar-refractivity contribution is 5.73. The van der Waals surface area contributed by atoms with Gasteiger partial charge in [0.25, 0.3) is 0 Å². The molecule has 1 unspecified atom stereocenters. The van der Waals surface area contributed by atoms with Crippen LogP contribution in [-0.4, -0.2) is 30.2 Å². The minimum Gasteiger partial charge on any atom is -0.481 e. The third-order valence-corrected chi connectivity index (χ3v) is 2.29. The van der Waals surface area contributed by atoms with E-state index in [0.29, 0.717) is 25.9 Å². The topological polar surface area (TPSA) is 78.4 Å². The van der Waals surface area contributed by atoms with E-state index < -0.39 is 5.97 Å². The van der Waals surface area contributed by atoms with Crippen molar-refractivity contribution >= 4 is 12.0 Å². The summed E-state index contributed by atoms with van der Waals surface area (Å²) in [6, 6.07) is -0.217. The van der Waals surface area contributed by atoms with Gasteiger partial charge in [0, 0.05) is 13.1 Å². The molecule has 0 aromatic heterocycles. The van der Waals surface area contributed by atoms with E-state index in [-0.39, 0.29) is 11.9 Å². The largest absolute Gasteiger partial charge is 0.481 e. The van der Waals surface area contributed by atoms with E-state index >= 15 is 0 Å². The third kappa shape index (κ3) is 9.41. The van der Waals surface area contributed by atoms with Crippen molar-refractivity contribution in [3.8, 4) is 0 Å². The Morgan fingerprint density at radius 1 is 1.29 bits per heavy atom. The molecule has 0 fully saturated rings. The van der Waals surface area contributed by atoms with Crippen LogP contribution in [0.3, 0.4) is 0 Å². The number of hydrogen-bond donors (Lipinski definition) is 3. The van der Waals surface area contributed by atoms with Gasteiger partial charge in [0.05, 0.1) is 5.92 Å². The van der Waals surface area contributed by atoms with Crippen molar-refractivity contribution in [3.63, 3.8) is 0 Å². The summed E-state index contributed by atoms with van der Waals surface area (Å²) in [5, 5.41) is 14.0. The number of carbonyl (C=O) groups is 2. The SMILES string of the molecule is CC(C)=CCNC(=O)NCCCC(C)C(=O)O. The van der Waals surface area contributed by atoms with Crippen LogP contribution in [0.2, 0.25) is 0 Å². The normalized spacial score (nSPS) is 11.5. The molecule has 2 amide bonds. The van der Waals surface area contributed by atoms with Crippen LogP contribution in [0.15, 0.2) is 11.6 Å². The molecule has 3 N–H and O–H groups in total. The maximum Gasteiger partial charge on any atom is 0.315 e. The molecule has 0 rings (SSSR count). The summed E-state index contributed by atoms with van der Waals surface area (Å²) in [6.45, 7) is 6.61. The number of allylic oxidation sites excluding steroid dienone is 1. The monoisotopic (exact) mass is 242 g/mol. The fourth-order valence-electron chi connectivity index (χ4n) is 1.14. The Hall–Kier alpha value is -1.52. The van der Waals surface area contributed by atoms with E-state index in [1.54, 1.807) is 6.92 Å². The highest BCUT2D eigenvalue weighted by atomic mass is 16.4. The minimum absolute atomic E-state index is 0.217. The van der Waals surface area contributed by atoms with Crippen LogP contribution < -0.4 is 10.6 Å². The Bertz CT molecular complexity index is 283. The van der Waals surface area contributed by atoms with Gasteiger partial charge >= 0.3 is 12.0 Å². The van der Waals surface area contributed by atoms with Crippen LogP contribution in [0.1, 0.15) is 33.6 Å². The highest BCUT2D eigenvalue weighted by Crippen LogP contribution is 2.03. The van der Waals surface area contributed by atoms with E-state index in [1.807, 2.05) is 19.9 Å². The fraction of sp³-hybridized carbons (Fsp3) is 0.667. The van der Waals surface area contributed by atoms with Gasteiger partial charge in [-0.15, -0.1) is 0 Å². The van der Waals surface area contributed by atoms with Gasteiger partial charge in [-0.2, -0.15) is 0 Å². The molecule has 0 bridgehead atoms. The standard InChI is InChI=1S/C12H22N2O3/c1-9(2)6-8-14-12(17)13-7-4-5-10(3)11(15)16/h6,10H,4-5,7-8H2,1-3H3,(H,15,16)(H2,13,14,17). The second-order valence-electron chi connectivity index (χ2n) is 4.30. The molecule has 0 saturated heterocycles. The van der Waals surface area contributed by atoms with Crippen molar-refractivity contribution in [2.45, 2.75) is 33.6 Å². The van der Waals surface area contributed by atoms with Crippen molar-refractivity contribution in [1.29, 1.82) is 0 Å². The summed E-state index contributed by atoms with van der Waals surface area (Å²) in [6.07, 6.45) is 3.17. The van der Waals surface area contributed by atoms with Gasteiger partial charge in [0.1, 0.15) is 0 Å². The van der Waals surface area contributed by atoms with Gasteiger partial charge in [-0.3, -0.25) is 4.79 Å². The summed E-state index contributed by atoms with van der Waals surface area (Å²) in [5.41, 5.74) is 1.15. The van der Waals surface area contributed by atoms with Gasteiger partial charge in [-0.1, -0.05) is 18.6 Å². The van der Waals surface area contributed by atoms with Crippen LogP contribution in [0.5, 0.6) is 0 Å². The first-order valence-electron chi connectivity index (χ1n) is 5.81. The van der Waals surface area contributed by atoms with Crippen molar-refractivity contribution in [3.05, 3.63) is 11.6 Å². The first-order chi connectivity index (χ1) is 7.93. The molecule has 1 atom stereocenters. The molecule has 5 heteroatoms. The molecule has 98 valence electrons. The zero-order chi connectivity index (χ0) is 13.3. The Kier molecular flexibility index (Phi) is 7.84. The van der Waals surface area contributed by atoms with E-state index in [9.17, 15) is 9.59 Å². The average molecular weight is 242 g/mol. The number of nitrogens with one attached hydrogen (secondary N) is 2. The zero-order valence-corrected chi connectivity index (χ0v) is 10.7. The Labute approximate surface area is 102 Å². The van der Waals surface area contributed by atoms with E-state index in [4.69, 9.17) is 5.11 Å². The van der Waals surface area contributed by atoms with Crippen LogP contribution in [0.4, 0.5) is 4.79 Å². The van der Waals surface area contributed by atoms with Gasteiger partial charge in [0.15, 0.2) is 0 Å². The van der Waals surface area contributed by atoms with E-state index in [2.05, 4.69) is 10.6 Å². The number of carbonyl (C=O) groups excluding carboxylic acids is 1. The minimum atomic E-state index is -0.794. The van der Waals surface area contributed by atoms with Crippen molar-refractivity contribution in [1.82, 2.24) is 10.6 Å². The Morgan fingerprint density at radius 2 is 1.94 bits per heavy atom. The molecule has 0 aliphatic carbocycles. The molecule has 5 nitrogen and oxygen atoms in total. The first kappa shape index (κ1) is 15.5. The molecule has 0 heterocycles. The summed E-state index contributed by atoms with van der Waals surface area (Å²) >= 11 is 0. The van der Waals surface area contributed by atoms with Crippen LogP contribution in [0.25, 0.3) is 0 Å². The summed E-state index contributed by atoms with van der Waals surface area (Å²) in [4.78, 5) is 21.8. The Balaban J connectivity index is 3.52. The van der Waals surface area contributed by atoms with Crippen LogP contribution >= 0.6 is 0 Å². The quantitative estimate of drug-likeness (QED) is 0.470. The second-order valence-corrected chi connectivity index (χ2v) is 4.30. The maximum atomic E-state index is 11.2. The molecular formula is C12H22N2O3. The van der Waals surface area contributed by atoms with Gasteiger partial charge in [-0.25, -0.2) is 4.79 Å². The predicted octanol–water partition coefficient (Wildman–Crippen LogP) is 1.75. The number of carboxylic acids is 1. The molecule has 17 heavy (non-hydrogen) atoms. The second kappa shape index (κ2) is 8.61. The fourth-order valence-corrected chi connectivity index (χ4v) is 1.14. The molecule has 0 aromatic carbocycles. The lowest BCUT2D eigenvalue weighted by Crippen LogP contribution is -2.36. The maximum absolute atomic E-state index is 11.2. The Morgan fingerprint density at radius 3 is 2.47 bits per heavy atom.